The molecule has 0 saturated carbocycles. The summed E-state index contributed by atoms with van der Waals surface area (Å²) in [5, 5.41) is 9.74. The molecule has 1 aromatic heterocycles. The minimum absolute atomic E-state index is 0.156. The number of nitrogens with two attached hydrogens (primary N) is 1. The monoisotopic (exact) mass is 338 g/mol. The Morgan fingerprint density at radius 1 is 1.39 bits per heavy atom. The number of nitrogens with zero attached hydrogens (tertiary/aromatic N) is 1. The highest BCUT2D eigenvalue weighted by atomic mass is 32.2. The molecule has 23 heavy (non-hydrogen) atoms. The summed E-state index contributed by atoms with van der Waals surface area (Å²) in [6.45, 7) is 1.59. The molecular weight excluding hydrogens is 323 g/mol. The summed E-state index contributed by atoms with van der Waals surface area (Å²) in [6.07, 6.45) is 3.12. The minimum atomic E-state index is -0.944. The summed E-state index contributed by atoms with van der Waals surface area (Å²) in [5.74, 6) is 1.24. The van der Waals surface area contributed by atoms with Crippen molar-refractivity contribution in [3.05, 3.63) is 48.2 Å². The Labute approximate surface area is 136 Å². The average Bonchev–Trinajstić information content (AvgIpc) is 3.00. The molecule has 0 aliphatic heterocycles. The standard InChI is InChI=1S/C15H15FN2O4S/c1-10(18(20)15(17)19)2-3-11-6-9-14(21-11)22-12-4-7-13(23-16)8-5-12/h2-10,20H,1H3,(H2,17,19)/b3-2+. The number of ether oxygens (including phenoxy) is 1. The molecule has 0 radical (unpaired) electrons. The normalized spacial score (nSPS) is 12.3. The first kappa shape index (κ1) is 16.9. The van der Waals surface area contributed by atoms with E-state index in [0.29, 0.717) is 21.5 Å². The van der Waals surface area contributed by atoms with Gasteiger partial charge in [-0.15, -0.1) is 0 Å². The molecular formula is C15H15FN2O4S. The van der Waals surface area contributed by atoms with Gasteiger partial charge in [0.25, 0.3) is 5.95 Å². The quantitative estimate of drug-likeness (QED) is 0.608. The molecule has 0 bridgehead atoms. The fraction of sp³-hybridized carbons (Fsp3) is 0.133. The molecule has 0 fully saturated rings. The second kappa shape index (κ2) is 7.70. The summed E-state index contributed by atoms with van der Waals surface area (Å²) in [7, 11) is 0. The van der Waals surface area contributed by atoms with Crippen molar-refractivity contribution in [3.8, 4) is 11.7 Å². The first-order valence-electron chi connectivity index (χ1n) is 6.61. The van der Waals surface area contributed by atoms with Gasteiger partial charge in [-0.25, -0.2) is 4.79 Å². The van der Waals surface area contributed by atoms with Crippen molar-refractivity contribution in [2.45, 2.75) is 17.9 Å². The van der Waals surface area contributed by atoms with E-state index < -0.39 is 12.1 Å². The predicted molar refractivity (Wildman–Crippen MR) is 83.9 cm³/mol. The van der Waals surface area contributed by atoms with Gasteiger partial charge in [0.05, 0.1) is 18.2 Å². The molecule has 1 unspecified atom stereocenters. The van der Waals surface area contributed by atoms with Gasteiger partial charge in [-0.1, -0.05) is 6.08 Å². The molecule has 2 amide bonds. The van der Waals surface area contributed by atoms with Crippen LogP contribution in [-0.2, 0) is 0 Å². The summed E-state index contributed by atoms with van der Waals surface area (Å²) < 4.78 is 23.3. The molecule has 3 N–H and O–H groups in total. The summed E-state index contributed by atoms with van der Waals surface area (Å²) in [4.78, 5) is 11.3. The van der Waals surface area contributed by atoms with E-state index in [1.165, 1.54) is 0 Å². The lowest BCUT2D eigenvalue weighted by atomic mass is 10.3. The third kappa shape index (κ3) is 4.76. The van der Waals surface area contributed by atoms with Gasteiger partial charge in [-0.05, 0) is 43.3 Å². The van der Waals surface area contributed by atoms with Crippen molar-refractivity contribution < 1.29 is 23.0 Å². The van der Waals surface area contributed by atoms with Crippen LogP contribution >= 0.6 is 12.1 Å². The van der Waals surface area contributed by atoms with Crippen molar-refractivity contribution in [1.82, 2.24) is 5.06 Å². The van der Waals surface area contributed by atoms with Gasteiger partial charge in [-0.2, -0.15) is 8.95 Å². The van der Waals surface area contributed by atoms with Gasteiger partial charge >= 0.3 is 6.03 Å². The molecule has 1 heterocycles. The van der Waals surface area contributed by atoms with E-state index in [1.54, 1.807) is 55.5 Å². The number of halogens is 1. The first-order valence-corrected chi connectivity index (χ1v) is 7.33. The van der Waals surface area contributed by atoms with Crippen LogP contribution in [0.4, 0.5) is 8.68 Å². The number of hydroxylamine groups is 2. The maximum atomic E-state index is 12.3. The number of amides is 2. The largest absolute Gasteiger partial charge is 0.426 e. The summed E-state index contributed by atoms with van der Waals surface area (Å²) >= 11 is 0.156. The van der Waals surface area contributed by atoms with Crippen LogP contribution in [0, 0.1) is 0 Å². The fourth-order valence-electron chi connectivity index (χ4n) is 1.67. The number of carbonyl (C=O) groups is 1. The van der Waals surface area contributed by atoms with Crippen LogP contribution in [0.2, 0.25) is 0 Å². The zero-order valence-electron chi connectivity index (χ0n) is 12.2. The van der Waals surface area contributed by atoms with E-state index >= 15 is 0 Å². The van der Waals surface area contributed by atoms with Gasteiger partial charge in [0, 0.05) is 11.0 Å². The van der Waals surface area contributed by atoms with Crippen molar-refractivity contribution in [2.75, 3.05) is 0 Å². The lowest BCUT2D eigenvalue weighted by molar-refractivity contribution is -0.0560. The highest BCUT2D eigenvalue weighted by Crippen LogP contribution is 2.27. The van der Waals surface area contributed by atoms with E-state index in [-0.39, 0.29) is 18.1 Å². The summed E-state index contributed by atoms with van der Waals surface area (Å²) in [5.41, 5.74) is 4.95. The number of hydrogen-bond acceptors (Lipinski definition) is 5. The first-order chi connectivity index (χ1) is 11.0. The van der Waals surface area contributed by atoms with Crippen LogP contribution in [0.25, 0.3) is 6.08 Å². The van der Waals surface area contributed by atoms with Crippen molar-refractivity contribution in [3.63, 3.8) is 0 Å². The number of benzene rings is 1. The molecule has 6 nitrogen and oxygen atoms in total. The third-order valence-electron chi connectivity index (χ3n) is 2.88. The third-order valence-corrected chi connectivity index (χ3v) is 3.33. The topological polar surface area (TPSA) is 88.9 Å². The Morgan fingerprint density at radius 3 is 2.70 bits per heavy atom. The molecule has 0 aliphatic rings. The van der Waals surface area contributed by atoms with Gasteiger partial charge in [0.2, 0.25) is 0 Å². The van der Waals surface area contributed by atoms with Crippen LogP contribution in [0.5, 0.6) is 11.7 Å². The molecule has 1 aromatic carbocycles. The van der Waals surface area contributed by atoms with Crippen LogP contribution < -0.4 is 10.5 Å². The number of hydrogen-bond donors (Lipinski definition) is 2. The molecule has 122 valence electrons. The van der Waals surface area contributed by atoms with Gasteiger partial charge in [-0.3, -0.25) is 5.21 Å². The summed E-state index contributed by atoms with van der Waals surface area (Å²) in [6, 6.07) is 8.16. The maximum Gasteiger partial charge on any atom is 0.339 e. The van der Waals surface area contributed by atoms with Crippen LogP contribution in [-0.4, -0.2) is 22.3 Å². The molecule has 0 spiro atoms. The molecule has 1 atom stereocenters. The number of primary amides is 1. The Hall–Kier alpha value is -2.45. The van der Waals surface area contributed by atoms with Crippen molar-refractivity contribution >= 4 is 24.3 Å². The number of rotatable bonds is 6. The number of carbonyl (C=O) groups excluding carboxylic acids is 1. The Bertz CT molecular complexity index is 687. The molecule has 2 rings (SSSR count). The highest BCUT2D eigenvalue weighted by Gasteiger charge is 2.12. The molecule has 8 heteroatoms. The van der Waals surface area contributed by atoms with Crippen LogP contribution in [0.15, 0.2) is 51.8 Å². The Morgan fingerprint density at radius 2 is 2.09 bits per heavy atom. The maximum absolute atomic E-state index is 12.3. The van der Waals surface area contributed by atoms with Gasteiger partial charge < -0.3 is 14.9 Å². The Kier molecular flexibility index (Phi) is 5.67. The van der Waals surface area contributed by atoms with Gasteiger partial charge in [0.15, 0.2) is 0 Å². The van der Waals surface area contributed by atoms with E-state index in [2.05, 4.69) is 0 Å². The van der Waals surface area contributed by atoms with Crippen LogP contribution in [0.1, 0.15) is 12.7 Å². The average molecular weight is 338 g/mol. The fourth-order valence-corrected chi connectivity index (χ4v) is 1.91. The molecule has 0 aliphatic carbocycles. The van der Waals surface area contributed by atoms with Crippen LogP contribution in [0.3, 0.4) is 0 Å². The zero-order valence-corrected chi connectivity index (χ0v) is 13.0. The van der Waals surface area contributed by atoms with Gasteiger partial charge in [0.1, 0.15) is 11.5 Å². The van der Waals surface area contributed by atoms with E-state index in [0.717, 1.165) is 0 Å². The Balaban J connectivity index is 1.98. The lowest BCUT2D eigenvalue weighted by Gasteiger charge is -2.16. The van der Waals surface area contributed by atoms with E-state index in [1.807, 2.05) is 0 Å². The smallest absolute Gasteiger partial charge is 0.339 e. The molecule has 0 saturated heterocycles. The lowest BCUT2D eigenvalue weighted by Crippen LogP contribution is -2.38. The molecule has 2 aromatic rings. The number of furan rings is 1. The van der Waals surface area contributed by atoms with E-state index in [9.17, 15) is 13.9 Å². The van der Waals surface area contributed by atoms with E-state index in [4.69, 9.17) is 14.9 Å². The second-order valence-electron chi connectivity index (χ2n) is 4.59. The van der Waals surface area contributed by atoms with Crippen molar-refractivity contribution in [2.24, 2.45) is 5.73 Å². The second-order valence-corrected chi connectivity index (χ2v) is 5.22. The SMILES string of the molecule is CC(/C=C/c1ccc(Oc2ccc(SF)cc2)o1)N(O)C(N)=O. The minimum Gasteiger partial charge on any atom is -0.426 e. The van der Waals surface area contributed by atoms with Crippen molar-refractivity contribution in [1.29, 1.82) is 0 Å². The highest BCUT2D eigenvalue weighted by molar-refractivity contribution is 7.94. The number of urea groups is 1. The zero-order chi connectivity index (χ0) is 16.8. The predicted octanol–water partition coefficient (Wildman–Crippen LogP) is 4.22.